The number of nitrogens with one attached hydrogen (secondary N) is 1. The Morgan fingerprint density at radius 2 is 2.18 bits per heavy atom. The number of rotatable bonds is 3. The highest BCUT2D eigenvalue weighted by atomic mass is 16.6. The number of nitrogens with zero attached hydrogens (tertiary/aromatic N) is 4. The van der Waals surface area contributed by atoms with Crippen LogP contribution in [0.15, 0.2) is 12.7 Å². The number of ether oxygens (including phenoxy) is 1. The molecule has 2 aromatic rings. The number of imidazole rings is 1. The fourth-order valence-electron chi connectivity index (χ4n) is 2.44. The number of aliphatic hydroxyl groups is 2. The lowest BCUT2D eigenvalue weighted by molar-refractivity contribution is -0.137. The van der Waals surface area contributed by atoms with E-state index in [1.54, 1.807) is 6.92 Å². The van der Waals surface area contributed by atoms with E-state index in [1.165, 1.54) is 17.2 Å². The van der Waals surface area contributed by atoms with Gasteiger partial charge in [-0.2, -0.15) is 0 Å². The predicted molar refractivity (Wildman–Crippen MR) is 74.3 cm³/mol. The van der Waals surface area contributed by atoms with Crippen molar-refractivity contribution in [1.82, 2.24) is 24.8 Å². The van der Waals surface area contributed by atoms with Gasteiger partial charge in [0.1, 0.15) is 24.1 Å². The van der Waals surface area contributed by atoms with Gasteiger partial charge in [0.25, 0.3) is 5.91 Å². The van der Waals surface area contributed by atoms with Gasteiger partial charge in [-0.05, 0) is 6.92 Å². The van der Waals surface area contributed by atoms with E-state index in [9.17, 15) is 15.0 Å². The van der Waals surface area contributed by atoms with E-state index >= 15 is 0 Å². The molecule has 0 radical (unpaired) electrons. The van der Waals surface area contributed by atoms with Crippen molar-refractivity contribution >= 4 is 22.9 Å². The van der Waals surface area contributed by atoms with Crippen LogP contribution in [0.5, 0.6) is 0 Å². The van der Waals surface area contributed by atoms with Gasteiger partial charge in [0, 0.05) is 6.54 Å². The first-order valence-electron chi connectivity index (χ1n) is 6.77. The lowest BCUT2D eigenvalue weighted by Gasteiger charge is -2.16. The molecule has 10 nitrogen and oxygen atoms in total. The van der Waals surface area contributed by atoms with Crippen LogP contribution in [0.25, 0.3) is 11.2 Å². The zero-order chi connectivity index (χ0) is 15.9. The lowest BCUT2D eigenvalue weighted by Crippen LogP contribution is -2.42. The van der Waals surface area contributed by atoms with Gasteiger partial charge in [0.05, 0.1) is 6.33 Å². The van der Waals surface area contributed by atoms with Gasteiger partial charge in [0.15, 0.2) is 23.8 Å². The fraction of sp³-hybridized carbons (Fsp3) is 0.500. The predicted octanol–water partition coefficient (Wildman–Crippen LogP) is -1.84. The summed E-state index contributed by atoms with van der Waals surface area (Å²) in [6.07, 6.45) is -2.20. The molecule has 5 N–H and O–H groups in total. The number of aliphatic hydroxyl groups excluding tert-OH is 2. The molecule has 3 heterocycles. The van der Waals surface area contributed by atoms with E-state index < -0.39 is 30.4 Å². The third-order valence-corrected chi connectivity index (χ3v) is 3.51. The average molecular weight is 308 g/mol. The number of amides is 1. The van der Waals surface area contributed by atoms with E-state index in [0.717, 1.165) is 0 Å². The van der Waals surface area contributed by atoms with Gasteiger partial charge in [-0.25, -0.2) is 15.0 Å². The number of likely N-dealkylation sites (N-methyl/N-ethyl adjacent to an activating group) is 1. The summed E-state index contributed by atoms with van der Waals surface area (Å²) in [7, 11) is 0. The van der Waals surface area contributed by atoms with Crippen LogP contribution in [-0.2, 0) is 9.53 Å². The summed E-state index contributed by atoms with van der Waals surface area (Å²) in [5.74, 6) is -0.299. The number of anilines is 1. The first kappa shape index (κ1) is 14.6. The summed E-state index contributed by atoms with van der Waals surface area (Å²) in [5.41, 5.74) is 6.40. The quantitative estimate of drug-likeness (QED) is 0.517. The van der Waals surface area contributed by atoms with E-state index in [4.69, 9.17) is 10.5 Å². The maximum atomic E-state index is 11.9. The van der Waals surface area contributed by atoms with Crippen LogP contribution < -0.4 is 11.1 Å². The number of nitrogen functional groups attached to an aromatic ring is 1. The van der Waals surface area contributed by atoms with E-state index in [1.807, 2.05) is 0 Å². The smallest absolute Gasteiger partial charge is 0.252 e. The molecule has 1 amide bonds. The van der Waals surface area contributed by atoms with Crippen molar-refractivity contribution in [2.45, 2.75) is 31.5 Å². The number of fused-ring (bicyclic) bond motifs is 1. The zero-order valence-electron chi connectivity index (χ0n) is 11.7. The molecule has 1 aliphatic heterocycles. The second kappa shape index (κ2) is 5.48. The Morgan fingerprint density at radius 1 is 1.41 bits per heavy atom. The molecule has 0 unspecified atom stereocenters. The second-order valence-electron chi connectivity index (χ2n) is 4.91. The molecule has 0 bridgehead atoms. The molecule has 0 spiro atoms. The van der Waals surface area contributed by atoms with Crippen LogP contribution in [0.2, 0.25) is 0 Å². The van der Waals surface area contributed by atoms with Gasteiger partial charge < -0.3 is 26.0 Å². The standard InChI is InChI=1S/C12H16N6O4/c1-2-14-11(21)8-6(19)7(20)12(22-8)18-4-17-5-9(13)15-3-16-10(5)18/h3-4,6-8,12,19-20H,2H2,1H3,(H,14,21)(H2,13,15,16)/t6-,7+,8+,12+/m1/s1. The number of hydrogen-bond donors (Lipinski definition) is 4. The number of carbonyl (C=O) groups excluding carboxylic acids is 1. The summed E-state index contributed by atoms with van der Waals surface area (Å²) in [6.45, 7) is 2.14. The maximum absolute atomic E-state index is 11.9. The monoisotopic (exact) mass is 308 g/mol. The Hall–Kier alpha value is -2.30. The molecular weight excluding hydrogens is 292 g/mol. The van der Waals surface area contributed by atoms with Crippen molar-refractivity contribution in [3.05, 3.63) is 12.7 Å². The first-order valence-corrected chi connectivity index (χ1v) is 6.77. The van der Waals surface area contributed by atoms with Crippen LogP contribution in [0.3, 0.4) is 0 Å². The summed E-state index contributed by atoms with van der Waals surface area (Å²) in [4.78, 5) is 23.8. The largest absolute Gasteiger partial charge is 0.387 e. The highest BCUT2D eigenvalue weighted by Gasteiger charge is 2.47. The molecule has 22 heavy (non-hydrogen) atoms. The Kier molecular flexibility index (Phi) is 3.64. The second-order valence-corrected chi connectivity index (χ2v) is 4.91. The van der Waals surface area contributed by atoms with Crippen LogP contribution in [0, 0.1) is 0 Å². The van der Waals surface area contributed by atoms with Crippen LogP contribution >= 0.6 is 0 Å². The van der Waals surface area contributed by atoms with Crippen molar-refractivity contribution in [3.8, 4) is 0 Å². The summed E-state index contributed by atoms with van der Waals surface area (Å²) in [6, 6.07) is 0. The molecule has 0 saturated carbocycles. The molecule has 2 aromatic heterocycles. The van der Waals surface area contributed by atoms with Crippen molar-refractivity contribution in [2.75, 3.05) is 12.3 Å². The minimum atomic E-state index is -1.35. The van der Waals surface area contributed by atoms with Crippen molar-refractivity contribution < 1.29 is 19.7 Å². The third-order valence-electron chi connectivity index (χ3n) is 3.51. The molecule has 3 rings (SSSR count). The zero-order valence-corrected chi connectivity index (χ0v) is 11.7. The topological polar surface area (TPSA) is 148 Å². The third kappa shape index (κ3) is 2.17. The Morgan fingerprint density at radius 3 is 2.91 bits per heavy atom. The summed E-state index contributed by atoms with van der Waals surface area (Å²) < 4.78 is 6.92. The van der Waals surface area contributed by atoms with E-state index in [2.05, 4.69) is 20.3 Å². The molecule has 118 valence electrons. The minimum Gasteiger partial charge on any atom is -0.387 e. The van der Waals surface area contributed by atoms with E-state index in [0.29, 0.717) is 17.7 Å². The highest BCUT2D eigenvalue weighted by molar-refractivity contribution is 5.82. The number of carbonyl (C=O) groups is 1. The Bertz CT molecular complexity index is 704. The molecular formula is C12H16N6O4. The van der Waals surface area contributed by atoms with Crippen molar-refractivity contribution in [2.24, 2.45) is 0 Å². The Balaban J connectivity index is 1.94. The molecule has 1 aliphatic rings. The van der Waals surface area contributed by atoms with Gasteiger partial charge in [0.2, 0.25) is 0 Å². The molecule has 4 atom stereocenters. The molecule has 1 fully saturated rings. The normalized spacial score (nSPS) is 28.1. The Labute approximate surface area is 124 Å². The first-order chi connectivity index (χ1) is 10.5. The van der Waals surface area contributed by atoms with Gasteiger partial charge in [-0.15, -0.1) is 0 Å². The van der Waals surface area contributed by atoms with Crippen LogP contribution in [0.1, 0.15) is 13.2 Å². The molecule has 0 aliphatic carbocycles. The summed E-state index contributed by atoms with van der Waals surface area (Å²) >= 11 is 0. The van der Waals surface area contributed by atoms with Gasteiger partial charge >= 0.3 is 0 Å². The number of hydrogen-bond acceptors (Lipinski definition) is 8. The lowest BCUT2D eigenvalue weighted by atomic mass is 10.1. The SMILES string of the molecule is CCNC(=O)[C@H]1O[C@H](n2cnc3c(N)ncnc32)[C@@H](O)[C@H]1O. The fourth-order valence-corrected chi connectivity index (χ4v) is 2.44. The maximum Gasteiger partial charge on any atom is 0.252 e. The number of nitrogens with two attached hydrogens (primary N) is 1. The minimum absolute atomic E-state index is 0.192. The van der Waals surface area contributed by atoms with E-state index in [-0.39, 0.29) is 5.82 Å². The van der Waals surface area contributed by atoms with Crippen molar-refractivity contribution in [3.63, 3.8) is 0 Å². The van der Waals surface area contributed by atoms with Crippen LogP contribution in [0.4, 0.5) is 5.82 Å². The molecule has 0 aromatic carbocycles. The van der Waals surface area contributed by atoms with Crippen molar-refractivity contribution in [1.29, 1.82) is 0 Å². The molecule has 1 saturated heterocycles. The molecule has 10 heteroatoms. The van der Waals surface area contributed by atoms with Crippen LogP contribution in [-0.4, -0.2) is 60.5 Å². The highest BCUT2D eigenvalue weighted by Crippen LogP contribution is 2.31. The van der Waals surface area contributed by atoms with Gasteiger partial charge in [-0.1, -0.05) is 0 Å². The number of aromatic nitrogens is 4. The summed E-state index contributed by atoms with van der Waals surface area (Å²) in [5, 5.41) is 22.7. The average Bonchev–Trinajstić information content (AvgIpc) is 3.03. The van der Waals surface area contributed by atoms with Gasteiger partial charge in [-0.3, -0.25) is 9.36 Å².